The summed E-state index contributed by atoms with van der Waals surface area (Å²) in [4.78, 5) is 7.72. The average Bonchev–Trinajstić information content (AvgIpc) is 3.05. The van der Waals surface area contributed by atoms with Crippen LogP contribution in [0.1, 0.15) is 18.3 Å². The molecule has 1 aromatic heterocycles. The average molecular weight is 319 g/mol. The van der Waals surface area contributed by atoms with Gasteiger partial charge >= 0.3 is 0 Å². The Kier molecular flexibility index (Phi) is 4.21. The predicted octanol–water partition coefficient (Wildman–Crippen LogP) is 4.03. The summed E-state index contributed by atoms with van der Waals surface area (Å²) in [6, 6.07) is 15.5. The van der Waals surface area contributed by atoms with Gasteiger partial charge in [-0.15, -0.1) is 0 Å². The number of ether oxygens (including phenoxy) is 2. The van der Waals surface area contributed by atoms with Crippen LogP contribution in [0.5, 0.6) is 11.5 Å². The number of aromatic amines is 1. The summed E-state index contributed by atoms with van der Waals surface area (Å²) in [5, 5.41) is 9.64. The SMILES string of the molecule is COc1ccc(/C(C)=C(/C#N)c2nc3ccccc3[nH]2)cc1OC. The zero-order valence-electron chi connectivity index (χ0n) is 13.8. The van der Waals surface area contributed by atoms with Crippen molar-refractivity contribution >= 4 is 22.2 Å². The Labute approximate surface area is 140 Å². The van der Waals surface area contributed by atoms with E-state index in [1.54, 1.807) is 14.2 Å². The lowest BCUT2D eigenvalue weighted by Crippen LogP contribution is -1.94. The highest BCUT2D eigenvalue weighted by atomic mass is 16.5. The van der Waals surface area contributed by atoms with E-state index < -0.39 is 0 Å². The van der Waals surface area contributed by atoms with Crippen molar-refractivity contribution in [2.75, 3.05) is 14.2 Å². The van der Waals surface area contributed by atoms with Crippen LogP contribution in [0, 0.1) is 11.3 Å². The van der Waals surface area contributed by atoms with Crippen molar-refractivity contribution in [1.82, 2.24) is 9.97 Å². The second kappa shape index (κ2) is 6.47. The number of H-pyrrole nitrogens is 1. The van der Waals surface area contributed by atoms with Crippen LogP contribution in [0.15, 0.2) is 42.5 Å². The maximum absolute atomic E-state index is 9.64. The molecule has 1 N–H and O–H groups in total. The van der Waals surface area contributed by atoms with Gasteiger partial charge in [-0.1, -0.05) is 18.2 Å². The maximum Gasteiger partial charge on any atom is 0.161 e. The van der Waals surface area contributed by atoms with Crippen LogP contribution in [0.25, 0.3) is 22.2 Å². The first-order valence-electron chi connectivity index (χ1n) is 7.46. The summed E-state index contributed by atoms with van der Waals surface area (Å²) >= 11 is 0. The number of rotatable bonds is 4. The lowest BCUT2D eigenvalue weighted by molar-refractivity contribution is 0.355. The van der Waals surface area contributed by atoms with E-state index in [-0.39, 0.29) is 0 Å². The van der Waals surface area contributed by atoms with Crippen molar-refractivity contribution in [1.29, 1.82) is 5.26 Å². The fourth-order valence-corrected chi connectivity index (χ4v) is 2.60. The highest BCUT2D eigenvalue weighted by Crippen LogP contribution is 2.33. The molecular formula is C19H17N3O2. The molecule has 1 heterocycles. The minimum atomic E-state index is 0.499. The van der Waals surface area contributed by atoms with Gasteiger partial charge < -0.3 is 14.5 Å². The molecule has 5 heteroatoms. The zero-order valence-corrected chi connectivity index (χ0v) is 13.8. The monoisotopic (exact) mass is 319 g/mol. The van der Waals surface area contributed by atoms with Gasteiger partial charge in [0.15, 0.2) is 11.5 Å². The van der Waals surface area contributed by atoms with Gasteiger partial charge in [-0.2, -0.15) is 5.26 Å². The summed E-state index contributed by atoms with van der Waals surface area (Å²) in [6.07, 6.45) is 0. The Bertz CT molecular complexity index is 931. The summed E-state index contributed by atoms with van der Waals surface area (Å²) in [5.74, 6) is 1.83. The van der Waals surface area contributed by atoms with E-state index in [9.17, 15) is 5.26 Å². The molecule has 0 atom stereocenters. The number of hydrogen-bond acceptors (Lipinski definition) is 4. The molecule has 0 radical (unpaired) electrons. The van der Waals surface area contributed by atoms with Crippen molar-refractivity contribution in [2.24, 2.45) is 0 Å². The first-order valence-corrected chi connectivity index (χ1v) is 7.46. The number of para-hydroxylation sites is 2. The highest BCUT2D eigenvalue weighted by Gasteiger charge is 2.14. The Morgan fingerprint density at radius 1 is 1.08 bits per heavy atom. The second-order valence-electron chi connectivity index (χ2n) is 5.28. The predicted molar refractivity (Wildman–Crippen MR) is 93.7 cm³/mol. The fraction of sp³-hybridized carbons (Fsp3) is 0.158. The van der Waals surface area contributed by atoms with Crippen LogP contribution in [-0.2, 0) is 0 Å². The standard InChI is InChI=1S/C19H17N3O2/c1-12(13-8-9-17(23-2)18(10-13)24-3)14(11-20)19-21-15-6-4-5-7-16(15)22-19/h4-10H,1-3H3,(H,21,22)/b14-12-. The highest BCUT2D eigenvalue weighted by molar-refractivity contribution is 5.96. The van der Waals surface area contributed by atoms with Crippen molar-refractivity contribution < 1.29 is 9.47 Å². The number of nitrogens with zero attached hydrogens (tertiary/aromatic N) is 2. The Morgan fingerprint density at radius 2 is 1.83 bits per heavy atom. The molecule has 0 saturated carbocycles. The van der Waals surface area contributed by atoms with Crippen LogP contribution < -0.4 is 9.47 Å². The van der Waals surface area contributed by atoms with E-state index in [0.717, 1.165) is 22.2 Å². The Hall–Kier alpha value is -3.26. The lowest BCUT2D eigenvalue weighted by atomic mass is 10.0. The minimum absolute atomic E-state index is 0.499. The number of nitriles is 1. The number of allylic oxidation sites excluding steroid dienone is 2. The fourth-order valence-electron chi connectivity index (χ4n) is 2.60. The summed E-state index contributed by atoms with van der Waals surface area (Å²) < 4.78 is 10.6. The second-order valence-corrected chi connectivity index (χ2v) is 5.28. The number of aromatic nitrogens is 2. The third-order valence-corrected chi connectivity index (χ3v) is 3.93. The van der Waals surface area contributed by atoms with Crippen LogP contribution in [-0.4, -0.2) is 24.2 Å². The molecule has 2 aromatic carbocycles. The number of imidazole rings is 1. The van der Waals surface area contributed by atoms with E-state index in [0.29, 0.717) is 22.9 Å². The number of methoxy groups -OCH3 is 2. The van der Waals surface area contributed by atoms with Crippen LogP contribution in [0.4, 0.5) is 0 Å². The van der Waals surface area contributed by atoms with Gasteiger partial charge in [0.25, 0.3) is 0 Å². The Morgan fingerprint density at radius 3 is 2.50 bits per heavy atom. The smallest absolute Gasteiger partial charge is 0.161 e. The minimum Gasteiger partial charge on any atom is -0.493 e. The molecule has 0 amide bonds. The first kappa shape index (κ1) is 15.6. The number of fused-ring (bicyclic) bond motifs is 1. The molecule has 24 heavy (non-hydrogen) atoms. The van der Waals surface area contributed by atoms with E-state index in [4.69, 9.17) is 9.47 Å². The molecule has 0 fully saturated rings. The third-order valence-electron chi connectivity index (χ3n) is 3.93. The summed E-state index contributed by atoms with van der Waals surface area (Å²) in [6.45, 7) is 1.90. The molecule has 0 aliphatic carbocycles. The molecule has 0 bridgehead atoms. The van der Waals surface area contributed by atoms with Crippen molar-refractivity contribution in [3.05, 3.63) is 53.9 Å². The van der Waals surface area contributed by atoms with Gasteiger partial charge in [0.1, 0.15) is 11.9 Å². The Balaban J connectivity index is 2.12. The van der Waals surface area contributed by atoms with Gasteiger partial charge in [-0.3, -0.25) is 0 Å². The summed E-state index contributed by atoms with van der Waals surface area (Å²) in [7, 11) is 3.18. The molecule has 3 aromatic rings. The molecule has 0 unspecified atom stereocenters. The van der Waals surface area contributed by atoms with Gasteiger partial charge in [0.2, 0.25) is 0 Å². The zero-order chi connectivity index (χ0) is 17.1. The molecule has 0 saturated heterocycles. The van der Waals surface area contributed by atoms with Crippen molar-refractivity contribution in [2.45, 2.75) is 6.92 Å². The molecule has 0 aliphatic heterocycles. The lowest BCUT2D eigenvalue weighted by Gasteiger charge is -2.10. The largest absolute Gasteiger partial charge is 0.493 e. The quantitative estimate of drug-likeness (QED) is 0.737. The van der Waals surface area contributed by atoms with Crippen molar-refractivity contribution in [3.8, 4) is 17.6 Å². The maximum atomic E-state index is 9.64. The molecule has 120 valence electrons. The molecule has 0 spiro atoms. The van der Waals surface area contributed by atoms with Crippen LogP contribution in [0.3, 0.4) is 0 Å². The number of nitrogens with one attached hydrogen (secondary N) is 1. The van der Waals surface area contributed by atoms with E-state index in [1.165, 1.54) is 0 Å². The first-order chi connectivity index (χ1) is 11.7. The number of benzene rings is 2. The van der Waals surface area contributed by atoms with Gasteiger partial charge in [0.05, 0.1) is 30.8 Å². The summed E-state index contributed by atoms with van der Waals surface area (Å²) in [5.41, 5.74) is 3.93. The van der Waals surface area contributed by atoms with Gasteiger partial charge in [-0.25, -0.2) is 4.98 Å². The van der Waals surface area contributed by atoms with Crippen LogP contribution >= 0.6 is 0 Å². The van der Waals surface area contributed by atoms with E-state index in [1.807, 2.05) is 49.4 Å². The van der Waals surface area contributed by atoms with Gasteiger partial charge in [-0.05, 0) is 42.3 Å². The molecule has 0 aliphatic rings. The van der Waals surface area contributed by atoms with Crippen LogP contribution in [0.2, 0.25) is 0 Å². The van der Waals surface area contributed by atoms with Crippen molar-refractivity contribution in [3.63, 3.8) is 0 Å². The molecule has 3 rings (SSSR count). The number of hydrogen-bond donors (Lipinski definition) is 1. The topological polar surface area (TPSA) is 70.9 Å². The van der Waals surface area contributed by atoms with E-state index in [2.05, 4.69) is 16.0 Å². The third kappa shape index (κ3) is 2.70. The van der Waals surface area contributed by atoms with Gasteiger partial charge in [0, 0.05) is 0 Å². The molecular weight excluding hydrogens is 302 g/mol. The molecule has 5 nitrogen and oxygen atoms in total. The van der Waals surface area contributed by atoms with E-state index >= 15 is 0 Å². The normalized spacial score (nSPS) is 11.8.